The van der Waals surface area contributed by atoms with Crippen molar-refractivity contribution in [3.05, 3.63) is 37.8 Å². The molecule has 90 valence electrons. The second-order valence-electron chi connectivity index (χ2n) is 3.33. The maximum atomic E-state index is 6.02. The third-order valence-corrected chi connectivity index (χ3v) is 3.98. The van der Waals surface area contributed by atoms with Gasteiger partial charge in [-0.2, -0.15) is 0 Å². The van der Waals surface area contributed by atoms with Crippen molar-refractivity contribution in [2.24, 2.45) is 0 Å². The molecule has 0 saturated heterocycles. The van der Waals surface area contributed by atoms with Gasteiger partial charge in [0.2, 0.25) is 0 Å². The van der Waals surface area contributed by atoms with Crippen molar-refractivity contribution in [3.8, 4) is 0 Å². The Kier molecular flexibility index (Phi) is 4.09. The van der Waals surface area contributed by atoms with E-state index in [1.807, 2.05) is 12.3 Å². The van der Waals surface area contributed by atoms with Crippen molar-refractivity contribution in [2.75, 3.05) is 5.32 Å². The van der Waals surface area contributed by atoms with Gasteiger partial charge in [0.15, 0.2) is 0 Å². The Balaban J connectivity index is 2.22. The van der Waals surface area contributed by atoms with E-state index in [0.29, 0.717) is 15.9 Å². The monoisotopic (exact) mass is 307 g/mol. The number of hydrogen-bond acceptors (Lipinski definition) is 4. The number of halogens is 3. The highest BCUT2D eigenvalue weighted by Crippen LogP contribution is 2.31. The van der Waals surface area contributed by atoms with E-state index in [1.54, 1.807) is 23.6 Å². The number of nitrogens with zero attached hydrogens (tertiary/aromatic N) is 2. The fraction of sp³-hybridized carbons (Fsp3) is 0.200. The van der Waals surface area contributed by atoms with Crippen molar-refractivity contribution in [1.29, 1.82) is 0 Å². The molecule has 0 aliphatic carbocycles. The van der Waals surface area contributed by atoms with E-state index < -0.39 is 0 Å². The molecule has 0 aromatic carbocycles. The van der Waals surface area contributed by atoms with Crippen molar-refractivity contribution >= 4 is 52.0 Å². The molecule has 1 unspecified atom stereocenters. The maximum Gasteiger partial charge on any atom is 0.150 e. The molecule has 0 amide bonds. The molecular formula is C10H8Cl3N3S. The molecule has 2 rings (SSSR count). The highest BCUT2D eigenvalue weighted by atomic mass is 35.5. The van der Waals surface area contributed by atoms with Crippen LogP contribution in [0.5, 0.6) is 0 Å². The molecule has 0 saturated carbocycles. The van der Waals surface area contributed by atoms with Crippen molar-refractivity contribution < 1.29 is 0 Å². The van der Waals surface area contributed by atoms with Crippen LogP contribution in [0.1, 0.15) is 18.0 Å². The number of aromatic nitrogens is 2. The SMILES string of the molecule is CC(Nc1nc(Cl)c(Cl)cc1Cl)c1nccs1. The molecule has 7 heteroatoms. The summed E-state index contributed by atoms with van der Waals surface area (Å²) in [4.78, 5) is 8.30. The smallest absolute Gasteiger partial charge is 0.150 e. The molecule has 3 nitrogen and oxygen atoms in total. The zero-order chi connectivity index (χ0) is 12.4. The van der Waals surface area contributed by atoms with Crippen LogP contribution in [0.3, 0.4) is 0 Å². The molecule has 0 radical (unpaired) electrons. The number of hydrogen-bond donors (Lipinski definition) is 1. The predicted molar refractivity (Wildman–Crippen MR) is 73.4 cm³/mol. The fourth-order valence-corrected chi connectivity index (χ4v) is 2.46. The van der Waals surface area contributed by atoms with E-state index >= 15 is 0 Å². The number of pyridine rings is 1. The van der Waals surface area contributed by atoms with Crippen LogP contribution in [0.15, 0.2) is 17.6 Å². The number of nitrogens with one attached hydrogen (secondary N) is 1. The molecule has 0 aliphatic heterocycles. The molecule has 2 aromatic rings. The van der Waals surface area contributed by atoms with Crippen LogP contribution in [0.25, 0.3) is 0 Å². The van der Waals surface area contributed by atoms with E-state index in [-0.39, 0.29) is 11.2 Å². The van der Waals surface area contributed by atoms with Crippen LogP contribution in [0, 0.1) is 0 Å². The van der Waals surface area contributed by atoms with Crippen molar-refractivity contribution in [3.63, 3.8) is 0 Å². The summed E-state index contributed by atoms with van der Waals surface area (Å²) in [6, 6.07) is 1.58. The van der Waals surface area contributed by atoms with Gasteiger partial charge >= 0.3 is 0 Å². The molecule has 1 N–H and O–H groups in total. The summed E-state index contributed by atoms with van der Waals surface area (Å²) in [5.41, 5.74) is 0. The summed E-state index contributed by atoms with van der Waals surface area (Å²) in [5.74, 6) is 0.503. The highest BCUT2D eigenvalue weighted by Gasteiger charge is 2.13. The Hall–Kier alpha value is -0.550. The highest BCUT2D eigenvalue weighted by molar-refractivity contribution is 7.09. The van der Waals surface area contributed by atoms with Crippen molar-refractivity contribution in [2.45, 2.75) is 13.0 Å². The van der Waals surface area contributed by atoms with Crippen molar-refractivity contribution in [1.82, 2.24) is 9.97 Å². The first-order chi connectivity index (χ1) is 8.08. The zero-order valence-electron chi connectivity index (χ0n) is 8.75. The van der Waals surface area contributed by atoms with Crippen LogP contribution >= 0.6 is 46.1 Å². The van der Waals surface area contributed by atoms with Crippen LogP contribution in [-0.2, 0) is 0 Å². The number of rotatable bonds is 3. The Morgan fingerprint density at radius 2 is 2.06 bits per heavy atom. The third kappa shape index (κ3) is 3.01. The van der Waals surface area contributed by atoms with Crippen LogP contribution in [0.2, 0.25) is 15.2 Å². The molecule has 1 atom stereocenters. The minimum Gasteiger partial charge on any atom is -0.360 e. The molecule has 2 aromatic heterocycles. The van der Waals surface area contributed by atoms with Crippen LogP contribution in [-0.4, -0.2) is 9.97 Å². The molecule has 0 bridgehead atoms. The van der Waals surface area contributed by atoms with Gasteiger partial charge in [0.25, 0.3) is 0 Å². The van der Waals surface area contributed by atoms with Crippen LogP contribution < -0.4 is 5.32 Å². The van der Waals surface area contributed by atoms with Gasteiger partial charge in [-0.15, -0.1) is 11.3 Å². The second-order valence-corrected chi connectivity index (χ2v) is 5.43. The number of thiazole rings is 1. The lowest BCUT2D eigenvalue weighted by molar-refractivity contribution is 0.861. The van der Waals surface area contributed by atoms with E-state index in [0.717, 1.165) is 5.01 Å². The van der Waals surface area contributed by atoms with Gasteiger partial charge in [0, 0.05) is 11.6 Å². The summed E-state index contributed by atoms with van der Waals surface area (Å²) in [6.07, 6.45) is 1.75. The maximum absolute atomic E-state index is 6.02. The lowest BCUT2D eigenvalue weighted by Crippen LogP contribution is -2.08. The Morgan fingerprint density at radius 3 is 2.71 bits per heavy atom. The average molecular weight is 309 g/mol. The quantitative estimate of drug-likeness (QED) is 0.837. The zero-order valence-corrected chi connectivity index (χ0v) is 11.8. The minimum absolute atomic E-state index is 0.0113. The lowest BCUT2D eigenvalue weighted by atomic mass is 10.3. The second kappa shape index (κ2) is 5.40. The van der Waals surface area contributed by atoms with Gasteiger partial charge in [-0.25, -0.2) is 9.97 Å². The van der Waals surface area contributed by atoms with Gasteiger partial charge in [0.05, 0.1) is 16.1 Å². The summed E-state index contributed by atoms with van der Waals surface area (Å²) in [6.45, 7) is 1.97. The van der Waals surface area contributed by atoms with Crippen LogP contribution in [0.4, 0.5) is 5.82 Å². The summed E-state index contributed by atoms with van der Waals surface area (Å²) in [5, 5.41) is 7.01. The van der Waals surface area contributed by atoms with Gasteiger partial charge in [-0.05, 0) is 13.0 Å². The first kappa shape index (κ1) is 12.9. The van der Waals surface area contributed by atoms with E-state index in [9.17, 15) is 0 Å². The minimum atomic E-state index is 0.0113. The topological polar surface area (TPSA) is 37.8 Å². The van der Waals surface area contributed by atoms with Gasteiger partial charge in [0.1, 0.15) is 16.0 Å². The normalized spacial score (nSPS) is 12.5. The molecule has 2 heterocycles. The average Bonchev–Trinajstić information content (AvgIpc) is 2.79. The van der Waals surface area contributed by atoms with E-state index in [2.05, 4.69) is 15.3 Å². The Bertz CT molecular complexity index is 516. The number of anilines is 1. The summed E-state index contributed by atoms with van der Waals surface area (Å²) >= 11 is 19.2. The Labute approximate surface area is 118 Å². The standard InChI is InChI=1S/C10H8Cl3N3S/c1-5(10-14-2-3-17-10)15-9-7(12)4-6(11)8(13)16-9/h2-5H,1H3,(H,15,16). The van der Waals surface area contributed by atoms with E-state index in [4.69, 9.17) is 34.8 Å². The van der Waals surface area contributed by atoms with Gasteiger partial charge < -0.3 is 5.32 Å². The molecule has 0 spiro atoms. The first-order valence-corrected chi connectivity index (χ1v) is 6.76. The van der Waals surface area contributed by atoms with Gasteiger partial charge in [-0.1, -0.05) is 34.8 Å². The summed E-state index contributed by atoms with van der Waals surface area (Å²) < 4.78 is 0. The fourth-order valence-electron chi connectivity index (χ4n) is 1.26. The van der Waals surface area contributed by atoms with E-state index in [1.165, 1.54) is 0 Å². The summed E-state index contributed by atoms with van der Waals surface area (Å²) in [7, 11) is 0. The molecule has 0 aliphatic rings. The third-order valence-electron chi connectivity index (χ3n) is 2.06. The molecule has 17 heavy (non-hydrogen) atoms. The van der Waals surface area contributed by atoms with Gasteiger partial charge in [-0.3, -0.25) is 0 Å². The predicted octanol–water partition coefficient (Wildman–Crippen LogP) is 4.67. The largest absolute Gasteiger partial charge is 0.360 e. The lowest BCUT2D eigenvalue weighted by Gasteiger charge is -2.13. The molecular weight excluding hydrogens is 301 g/mol. The molecule has 0 fully saturated rings. The Morgan fingerprint density at radius 1 is 1.29 bits per heavy atom. The first-order valence-electron chi connectivity index (χ1n) is 4.75.